The maximum absolute atomic E-state index is 10.9. The van der Waals surface area contributed by atoms with Crippen molar-refractivity contribution < 1.29 is 9.53 Å². The average molecular weight is 272 g/mol. The molecule has 0 aliphatic rings. The molecule has 4 nitrogen and oxygen atoms in total. The Morgan fingerprint density at radius 3 is 2.55 bits per heavy atom. The van der Waals surface area contributed by atoms with E-state index < -0.39 is 0 Å². The largest absolute Gasteiger partial charge is 0.493 e. The third-order valence-corrected chi connectivity index (χ3v) is 3.24. The summed E-state index contributed by atoms with van der Waals surface area (Å²) in [4.78, 5) is 10.9. The van der Waals surface area contributed by atoms with Crippen LogP contribution in [0.5, 0.6) is 5.75 Å². The van der Waals surface area contributed by atoms with Gasteiger partial charge in [0.05, 0.1) is 6.61 Å². The van der Waals surface area contributed by atoms with Crippen LogP contribution in [0.15, 0.2) is 36.5 Å². The van der Waals surface area contributed by atoms with Gasteiger partial charge >= 0.3 is 0 Å². The molecular weight excluding hydrogens is 252 g/mol. The van der Waals surface area contributed by atoms with E-state index >= 15 is 0 Å². The van der Waals surface area contributed by atoms with Crippen LogP contribution >= 0.6 is 0 Å². The lowest BCUT2D eigenvalue weighted by Crippen LogP contribution is -2.06. The number of hydrogen-bond donors (Lipinski definition) is 0. The number of carbonyl (C=O) groups excluding carboxylic acids is 1. The third kappa shape index (κ3) is 4.23. The molecule has 0 saturated carbocycles. The minimum atomic E-state index is 0.224. The smallest absolute Gasteiger partial charge is 0.130 e. The Kier molecular flexibility index (Phi) is 4.93. The molecule has 0 aliphatic carbocycles. The molecule has 0 bridgehead atoms. The lowest BCUT2D eigenvalue weighted by Gasteiger charge is -2.07. The molecule has 0 spiro atoms. The van der Waals surface area contributed by atoms with Gasteiger partial charge in [-0.1, -0.05) is 12.1 Å². The van der Waals surface area contributed by atoms with Crippen molar-refractivity contribution in [3.05, 3.63) is 47.8 Å². The van der Waals surface area contributed by atoms with Gasteiger partial charge in [0.1, 0.15) is 11.5 Å². The number of nitrogens with zero attached hydrogens (tertiary/aromatic N) is 2. The molecule has 0 aliphatic heterocycles. The van der Waals surface area contributed by atoms with Crippen LogP contribution < -0.4 is 4.74 Å². The summed E-state index contributed by atoms with van der Waals surface area (Å²) in [7, 11) is 1.93. The molecule has 1 aromatic carbocycles. The van der Waals surface area contributed by atoms with Crippen LogP contribution in [0.4, 0.5) is 0 Å². The monoisotopic (exact) mass is 272 g/mol. The third-order valence-electron chi connectivity index (χ3n) is 3.24. The van der Waals surface area contributed by atoms with Gasteiger partial charge in [-0.15, -0.1) is 0 Å². The molecule has 2 aromatic rings. The van der Waals surface area contributed by atoms with Crippen LogP contribution in [0, 0.1) is 0 Å². The molecule has 1 aromatic heterocycles. The number of aryl methyl sites for hydroxylation is 2. The van der Waals surface area contributed by atoms with Crippen molar-refractivity contribution in [2.45, 2.75) is 26.2 Å². The second-order valence-electron chi connectivity index (χ2n) is 4.89. The molecular formula is C16H20N2O2. The summed E-state index contributed by atoms with van der Waals surface area (Å²) < 4.78 is 7.56. The van der Waals surface area contributed by atoms with Gasteiger partial charge in [0.2, 0.25) is 0 Å². The Balaban J connectivity index is 1.79. The SMILES string of the molecule is CC(=O)CCc1ccc(OCCc2ccnn2C)cc1. The second kappa shape index (κ2) is 6.89. The van der Waals surface area contributed by atoms with Gasteiger partial charge in [0.15, 0.2) is 0 Å². The van der Waals surface area contributed by atoms with E-state index in [1.54, 1.807) is 13.1 Å². The Morgan fingerprint density at radius 2 is 1.95 bits per heavy atom. The van der Waals surface area contributed by atoms with Crippen LogP contribution in [0.1, 0.15) is 24.6 Å². The normalized spacial score (nSPS) is 10.5. The molecule has 2 rings (SSSR count). The first-order valence-corrected chi connectivity index (χ1v) is 6.83. The van der Waals surface area contributed by atoms with Gasteiger partial charge in [-0.3, -0.25) is 4.68 Å². The molecule has 0 amide bonds. The van der Waals surface area contributed by atoms with Crippen LogP contribution in [0.2, 0.25) is 0 Å². The highest BCUT2D eigenvalue weighted by molar-refractivity contribution is 5.75. The van der Waals surface area contributed by atoms with Gasteiger partial charge in [-0.25, -0.2) is 0 Å². The summed E-state index contributed by atoms with van der Waals surface area (Å²) >= 11 is 0. The number of carbonyl (C=O) groups is 1. The highest BCUT2D eigenvalue weighted by atomic mass is 16.5. The summed E-state index contributed by atoms with van der Waals surface area (Å²) in [6, 6.07) is 9.94. The number of benzene rings is 1. The van der Waals surface area contributed by atoms with Gasteiger partial charge < -0.3 is 9.53 Å². The van der Waals surface area contributed by atoms with Crippen molar-refractivity contribution >= 4 is 5.78 Å². The molecule has 0 fully saturated rings. The number of aromatic nitrogens is 2. The van der Waals surface area contributed by atoms with Crippen molar-refractivity contribution in [2.75, 3.05) is 6.61 Å². The first-order chi connectivity index (χ1) is 9.65. The highest BCUT2D eigenvalue weighted by Gasteiger charge is 2.01. The van der Waals surface area contributed by atoms with E-state index in [1.807, 2.05) is 42.1 Å². The summed E-state index contributed by atoms with van der Waals surface area (Å²) in [6.45, 7) is 2.25. The number of rotatable bonds is 7. The minimum Gasteiger partial charge on any atom is -0.493 e. The van der Waals surface area contributed by atoms with Gasteiger partial charge in [0.25, 0.3) is 0 Å². The van der Waals surface area contributed by atoms with E-state index in [2.05, 4.69) is 5.10 Å². The van der Waals surface area contributed by atoms with Gasteiger partial charge in [0, 0.05) is 31.8 Å². The van der Waals surface area contributed by atoms with Crippen molar-refractivity contribution in [1.29, 1.82) is 0 Å². The Bertz CT molecular complexity index is 558. The first-order valence-electron chi connectivity index (χ1n) is 6.83. The Labute approximate surface area is 119 Å². The van der Waals surface area contributed by atoms with E-state index in [0.717, 1.165) is 24.3 Å². The van der Waals surface area contributed by atoms with Crippen LogP contribution in [-0.4, -0.2) is 22.2 Å². The zero-order chi connectivity index (χ0) is 14.4. The predicted molar refractivity (Wildman–Crippen MR) is 77.9 cm³/mol. The fourth-order valence-corrected chi connectivity index (χ4v) is 1.99. The van der Waals surface area contributed by atoms with Gasteiger partial charge in [-0.2, -0.15) is 5.10 Å². The molecule has 0 unspecified atom stereocenters. The van der Waals surface area contributed by atoms with Crippen LogP contribution in [-0.2, 0) is 24.7 Å². The van der Waals surface area contributed by atoms with Crippen molar-refractivity contribution in [2.24, 2.45) is 7.05 Å². The topological polar surface area (TPSA) is 44.1 Å². The fraction of sp³-hybridized carbons (Fsp3) is 0.375. The minimum absolute atomic E-state index is 0.224. The van der Waals surface area contributed by atoms with E-state index in [-0.39, 0.29) is 5.78 Å². The summed E-state index contributed by atoms with van der Waals surface area (Å²) in [6.07, 6.45) is 4.02. The molecule has 0 atom stereocenters. The average Bonchev–Trinajstić information content (AvgIpc) is 2.83. The summed E-state index contributed by atoms with van der Waals surface area (Å²) in [5, 5.41) is 4.12. The van der Waals surface area contributed by atoms with Crippen LogP contribution in [0.3, 0.4) is 0 Å². The number of Topliss-reactive ketones (excluding diaryl/α,β-unsaturated/α-hetero) is 1. The zero-order valence-corrected chi connectivity index (χ0v) is 12.0. The first kappa shape index (κ1) is 14.3. The van der Waals surface area contributed by atoms with Gasteiger partial charge in [-0.05, 0) is 37.1 Å². The van der Waals surface area contributed by atoms with Crippen molar-refractivity contribution in [3.8, 4) is 5.75 Å². The standard InChI is InChI=1S/C16H20N2O2/c1-13(19)3-4-14-5-7-16(8-6-14)20-12-10-15-9-11-17-18(15)2/h5-9,11H,3-4,10,12H2,1-2H3. The maximum Gasteiger partial charge on any atom is 0.130 e. The van der Waals surface area contributed by atoms with E-state index in [0.29, 0.717) is 13.0 Å². The molecule has 0 saturated heterocycles. The molecule has 4 heteroatoms. The lowest BCUT2D eigenvalue weighted by atomic mass is 10.1. The van der Waals surface area contributed by atoms with E-state index in [1.165, 1.54) is 5.56 Å². The quantitative estimate of drug-likeness (QED) is 0.778. The molecule has 106 valence electrons. The molecule has 0 radical (unpaired) electrons. The zero-order valence-electron chi connectivity index (χ0n) is 12.0. The van der Waals surface area contributed by atoms with Crippen molar-refractivity contribution in [1.82, 2.24) is 9.78 Å². The highest BCUT2D eigenvalue weighted by Crippen LogP contribution is 2.14. The summed E-state index contributed by atoms with van der Waals surface area (Å²) in [5.74, 6) is 1.08. The number of hydrogen-bond acceptors (Lipinski definition) is 3. The predicted octanol–water partition coefficient (Wildman–Crippen LogP) is 2.56. The maximum atomic E-state index is 10.9. The molecule has 20 heavy (non-hydrogen) atoms. The number of ketones is 1. The Hall–Kier alpha value is -2.10. The fourth-order valence-electron chi connectivity index (χ4n) is 1.99. The van der Waals surface area contributed by atoms with E-state index in [9.17, 15) is 4.79 Å². The molecule has 0 N–H and O–H groups in total. The summed E-state index contributed by atoms with van der Waals surface area (Å²) in [5.41, 5.74) is 2.32. The van der Waals surface area contributed by atoms with E-state index in [4.69, 9.17) is 4.74 Å². The number of ether oxygens (including phenoxy) is 1. The second-order valence-corrected chi connectivity index (χ2v) is 4.89. The molecule has 1 heterocycles. The Morgan fingerprint density at radius 1 is 1.20 bits per heavy atom. The van der Waals surface area contributed by atoms with Crippen LogP contribution in [0.25, 0.3) is 0 Å². The lowest BCUT2D eigenvalue weighted by molar-refractivity contribution is -0.116. The van der Waals surface area contributed by atoms with Crippen molar-refractivity contribution in [3.63, 3.8) is 0 Å².